The van der Waals surface area contributed by atoms with Crippen molar-refractivity contribution in [3.05, 3.63) is 29.8 Å². The number of benzene rings is 1. The number of hydrogen-bond donors (Lipinski definition) is 0. The maximum absolute atomic E-state index is 13.4. The molecule has 0 radical (unpaired) electrons. The maximum Gasteiger partial charge on any atom is 0.217 e. The third kappa shape index (κ3) is 2.97. The minimum absolute atomic E-state index is 0.129. The summed E-state index contributed by atoms with van der Waals surface area (Å²) in [5.41, 5.74) is 0.980. The van der Waals surface area contributed by atoms with Crippen molar-refractivity contribution in [2.75, 3.05) is 40.1 Å². The Balaban J connectivity index is 1.71. The largest absolute Gasteiger partial charge is 0.493 e. The highest BCUT2D eigenvalue weighted by molar-refractivity contribution is 7.89. The van der Waals surface area contributed by atoms with Crippen molar-refractivity contribution in [2.45, 2.75) is 24.1 Å². The van der Waals surface area contributed by atoms with Gasteiger partial charge in [0.2, 0.25) is 10.0 Å². The monoisotopic (exact) mass is 367 g/mol. The van der Waals surface area contributed by atoms with Gasteiger partial charge in [-0.15, -0.1) is 0 Å². The van der Waals surface area contributed by atoms with Crippen LogP contribution >= 0.6 is 0 Å². The zero-order chi connectivity index (χ0) is 17.4. The summed E-state index contributed by atoms with van der Waals surface area (Å²) in [6, 6.07) is 7.64. The fourth-order valence-corrected chi connectivity index (χ4v) is 6.58. The normalized spacial score (nSPS) is 30.5. The Morgan fingerprint density at radius 2 is 2.00 bits per heavy atom. The van der Waals surface area contributed by atoms with Crippen LogP contribution in [0.3, 0.4) is 0 Å². The average molecular weight is 367 g/mol. The van der Waals surface area contributed by atoms with Gasteiger partial charge in [-0.1, -0.05) is 18.2 Å². The van der Waals surface area contributed by atoms with Crippen molar-refractivity contribution in [3.63, 3.8) is 0 Å². The molecule has 1 aromatic rings. The van der Waals surface area contributed by atoms with Crippen molar-refractivity contribution in [1.29, 1.82) is 0 Å². The van der Waals surface area contributed by atoms with E-state index in [1.165, 1.54) is 0 Å². The predicted octanol–water partition coefficient (Wildman–Crippen LogP) is 1.82. The molecule has 4 rings (SSSR count). The lowest BCUT2D eigenvalue weighted by atomic mass is 9.86. The third-order valence-electron chi connectivity index (χ3n) is 5.70. The lowest BCUT2D eigenvalue weighted by molar-refractivity contribution is 0.0959. The van der Waals surface area contributed by atoms with Gasteiger partial charge in [-0.3, -0.25) is 0 Å². The standard InChI is InChI=1S/C18H25NO5S/c1-22-11-13-10-19(25(20,21)14-6-8-23-9-7-14)18-15-4-2-3-5-17(15)24-12-16(13)18/h2-5,13-14,16,18H,6-12H2,1H3/t13-,16-,18-/m0/s1. The molecule has 0 aliphatic carbocycles. The summed E-state index contributed by atoms with van der Waals surface area (Å²) in [4.78, 5) is 0. The van der Waals surface area contributed by atoms with E-state index in [1.54, 1.807) is 11.4 Å². The number of hydrogen-bond acceptors (Lipinski definition) is 5. The molecule has 6 nitrogen and oxygen atoms in total. The molecule has 0 saturated carbocycles. The first kappa shape index (κ1) is 17.3. The van der Waals surface area contributed by atoms with Gasteiger partial charge in [0.15, 0.2) is 0 Å². The third-order valence-corrected chi connectivity index (χ3v) is 8.05. The highest BCUT2D eigenvalue weighted by Crippen LogP contribution is 2.49. The van der Waals surface area contributed by atoms with Crippen LogP contribution < -0.4 is 4.74 Å². The molecule has 3 aliphatic heterocycles. The van der Waals surface area contributed by atoms with Crippen molar-refractivity contribution >= 4 is 10.0 Å². The molecule has 7 heteroatoms. The molecule has 3 heterocycles. The number of sulfonamides is 1. The number of fused-ring (bicyclic) bond motifs is 3. The van der Waals surface area contributed by atoms with Gasteiger partial charge in [0.05, 0.1) is 24.5 Å². The Labute approximate surface area is 149 Å². The van der Waals surface area contributed by atoms with Gasteiger partial charge in [0.25, 0.3) is 0 Å². The van der Waals surface area contributed by atoms with E-state index in [4.69, 9.17) is 14.2 Å². The summed E-state index contributed by atoms with van der Waals surface area (Å²) in [7, 11) is -1.71. The van der Waals surface area contributed by atoms with Gasteiger partial charge in [-0.05, 0) is 18.9 Å². The van der Waals surface area contributed by atoms with Crippen LogP contribution in [0.1, 0.15) is 24.4 Å². The molecule has 2 saturated heterocycles. The van der Waals surface area contributed by atoms with Gasteiger partial charge in [0, 0.05) is 44.3 Å². The minimum Gasteiger partial charge on any atom is -0.493 e. The van der Waals surface area contributed by atoms with Crippen LogP contribution in [0.4, 0.5) is 0 Å². The smallest absolute Gasteiger partial charge is 0.217 e. The van der Waals surface area contributed by atoms with Crippen molar-refractivity contribution in [1.82, 2.24) is 4.31 Å². The Kier molecular flexibility index (Phi) is 4.75. The van der Waals surface area contributed by atoms with Gasteiger partial charge in [-0.25, -0.2) is 8.42 Å². The lowest BCUT2D eigenvalue weighted by Gasteiger charge is -2.36. The van der Waals surface area contributed by atoms with E-state index in [0.717, 1.165) is 11.3 Å². The number of methoxy groups -OCH3 is 1. The highest BCUT2D eigenvalue weighted by atomic mass is 32.2. The molecule has 3 atom stereocenters. The van der Waals surface area contributed by atoms with Crippen molar-refractivity contribution in [2.24, 2.45) is 11.8 Å². The molecule has 0 bridgehead atoms. The Bertz CT molecular complexity index is 716. The topological polar surface area (TPSA) is 65.1 Å². The Morgan fingerprint density at radius 3 is 2.76 bits per heavy atom. The summed E-state index contributed by atoms with van der Waals surface area (Å²) >= 11 is 0. The summed E-state index contributed by atoms with van der Waals surface area (Å²) in [6.45, 7) is 2.63. The van der Waals surface area contributed by atoms with Crippen LogP contribution in [0, 0.1) is 11.8 Å². The lowest BCUT2D eigenvalue weighted by Crippen LogP contribution is -2.42. The number of para-hydroxylation sites is 1. The average Bonchev–Trinajstić information content (AvgIpc) is 3.03. The van der Waals surface area contributed by atoms with Gasteiger partial charge < -0.3 is 14.2 Å². The number of ether oxygens (including phenoxy) is 3. The maximum atomic E-state index is 13.4. The second-order valence-electron chi connectivity index (χ2n) is 7.10. The number of rotatable bonds is 4. The molecular weight excluding hydrogens is 342 g/mol. The SMILES string of the molecule is COC[C@@H]1CN(S(=O)(=O)C2CCOCC2)[C@H]2c3ccccc3OC[C@@H]12. The van der Waals surface area contributed by atoms with Crippen molar-refractivity contribution < 1.29 is 22.6 Å². The van der Waals surface area contributed by atoms with E-state index >= 15 is 0 Å². The molecular formula is C18H25NO5S. The van der Waals surface area contributed by atoms with Crippen LogP contribution in [0.15, 0.2) is 24.3 Å². The van der Waals surface area contributed by atoms with E-state index in [9.17, 15) is 8.42 Å². The van der Waals surface area contributed by atoms with E-state index in [0.29, 0.717) is 45.8 Å². The van der Waals surface area contributed by atoms with Crippen LogP contribution in [0.2, 0.25) is 0 Å². The molecule has 0 N–H and O–H groups in total. The van der Waals surface area contributed by atoms with E-state index in [2.05, 4.69) is 0 Å². The predicted molar refractivity (Wildman–Crippen MR) is 93.0 cm³/mol. The second kappa shape index (κ2) is 6.87. The van der Waals surface area contributed by atoms with Crippen LogP contribution in [-0.4, -0.2) is 58.1 Å². The van der Waals surface area contributed by atoms with Gasteiger partial charge in [-0.2, -0.15) is 4.31 Å². The van der Waals surface area contributed by atoms with E-state index in [-0.39, 0.29) is 23.1 Å². The quantitative estimate of drug-likeness (QED) is 0.812. The van der Waals surface area contributed by atoms with Crippen molar-refractivity contribution in [3.8, 4) is 5.75 Å². The zero-order valence-corrected chi connectivity index (χ0v) is 15.3. The molecule has 138 valence electrons. The van der Waals surface area contributed by atoms with E-state index in [1.807, 2.05) is 24.3 Å². The number of nitrogens with zero attached hydrogens (tertiary/aromatic N) is 1. The fraction of sp³-hybridized carbons (Fsp3) is 0.667. The molecule has 2 fully saturated rings. The summed E-state index contributed by atoms with van der Waals surface area (Å²) in [5, 5.41) is -0.349. The molecule has 0 amide bonds. The molecule has 1 aromatic carbocycles. The van der Waals surface area contributed by atoms with Crippen LogP contribution in [-0.2, 0) is 19.5 Å². The van der Waals surface area contributed by atoms with Crippen LogP contribution in [0.25, 0.3) is 0 Å². The highest BCUT2D eigenvalue weighted by Gasteiger charge is 2.52. The Morgan fingerprint density at radius 1 is 1.24 bits per heavy atom. The van der Waals surface area contributed by atoms with Gasteiger partial charge in [0.1, 0.15) is 5.75 Å². The first-order valence-corrected chi connectivity index (χ1v) is 10.4. The van der Waals surface area contributed by atoms with E-state index < -0.39 is 10.0 Å². The summed E-state index contributed by atoms with van der Waals surface area (Å²) in [5.74, 6) is 1.08. The minimum atomic E-state index is -3.38. The first-order chi connectivity index (χ1) is 12.1. The summed E-state index contributed by atoms with van der Waals surface area (Å²) < 4.78 is 45.2. The van der Waals surface area contributed by atoms with Gasteiger partial charge >= 0.3 is 0 Å². The van der Waals surface area contributed by atoms with Crippen LogP contribution in [0.5, 0.6) is 5.75 Å². The molecule has 0 aromatic heterocycles. The molecule has 0 unspecified atom stereocenters. The first-order valence-electron chi connectivity index (χ1n) is 8.92. The molecule has 25 heavy (non-hydrogen) atoms. The zero-order valence-electron chi connectivity index (χ0n) is 14.5. The second-order valence-corrected chi connectivity index (χ2v) is 9.26. The Hall–Kier alpha value is -1.15. The molecule has 0 spiro atoms. The molecule has 3 aliphatic rings. The summed E-state index contributed by atoms with van der Waals surface area (Å²) in [6.07, 6.45) is 1.15. The fourth-order valence-electron chi connectivity index (χ4n) is 4.42.